The van der Waals surface area contributed by atoms with Crippen LogP contribution in [-0.4, -0.2) is 18.6 Å². The van der Waals surface area contributed by atoms with Crippen LogP contribution in [0.25, 0.3) is 0 Å². The van der Waals surface area contributed by atoms with Gasteiger partial charge in [0.1, 0.15) is 6.04 Å². The molecular weight excluding hydrogens is 250 g/mol. The third kappa shape index (κ3) is 4.34. The summed E-state index contributed by atoms with van der Waals surface area (Å²) in [7, 11) is 0. The van der Waals surface area contributed by atoms with Gasteiger partial charge >= 0.3 is 5.97 Å². The number of carbonyl (C=O) groups is 1. The van der Waals surface area contributed by atoms with E-state index in [1.54, 1.807) is 0 Å². The molecule has 0 spiro atoms. The van der Waals surface area contributed by atoms with Gasteiger partial charge in [0.15, 0.2) is 0 Å². The standard InChI is InChI=1S/C17H25NO2/c1-2-3-4-5-8-11-20-17(19)16-12-14-9-6-7-10-15(14)13-18-16/h6-7,9-10,16,18H,2-5,8,11-13H2,1H3/t16-/m1/s1. The maximum Gasteiger partial charge on any atom is 0.323 e. The van der Waals surface area contributed by atoms with Gasteiger partial charge in [-0.3, -0.25) is 4.79 Å². The Morgan fingerprint density at radius 2 is 1.95 bits per heavy atom. The fourth-order valence-corrected chi connectivity index (χ4v) is 2.60. The van der Waals surface area contributed by atoms with E-state index < -0.39 is 0 Å². The number of hydrogen-bond donors (Lipinski definition) is 1. The number of ether oxygens (including phenoxy) is 1. The molecule has 0 aliphatic carbocycles. The lowest BCUT2D eigenvalue weighted by Crippen LogP contribution is -2.42. The number of unbranched alkanes of at least 4 members (excludes halogenated alkanes) is 4. The van der Waals surface area contributed by atoms with Gasteiger partial charge in [-0.15, -0.1) is 0 Å². The number of fused-ring (bicyclic) bond motifs is 1. The molecular formula is C17H25NO2. The number of nitrogens with one attached hydrogen (secondary N) is 1. The highest BCUT2D eigenvalue weighted by Crippen LogP contribution is 2.17. The lowest BCUT2D eigenvalue weighted by Gasteiger charge is -2.24. The average Bonchev–Trinajstić information content (AvgIpc) is 2.50. The molecule has 110 valence electrons. The van der Waals surface area contributed by atoms with Crippen LogP contribution in [0.15, 0.2) is 24.3 Å². The molecule has 20 heavy (non-hydrogen) atoms. The van der Waals surface area contributed by atoms with Gasteiger partial charge in [0.2, 0.25) is 0 Å². The highest BCUT2D eigenvalue weighted by molar-refractivity contribution is 5.76. The largest absolute Gasteiger partial charge is 0.465 e. The molecule has 1 aromatic rings. The van der Waals surface area contributed by atoms with E-state index in [1.807, 2.05) is 12.1 Å². The maximum atomic E-state index is 12.0. The molecule has 0 bridgehead atoms. The fourth-order valence-electron chi connectivity index (χ4n) is 2.60. The van der Waals surface area contributed by atoms with E-state index in [9.17, 15) is 4.79 Å². The Kier molecular flexibility index (Phi) is 6.06. The van der Waals surface area contributed by atoms with Crippen LogP contribution in [0.4, 0.5) is 0 Å². The highest BCUT2D eigenvalue weighted by Gasteiger charge is 2.24. The van der Waals surface area contributed by atoms with Crippen LogP contribution in [0.3, 0.4) is 0 Å². The summed E-state index contributed by atoms with van der Waals surface area (Å²) in [6.07, 6.45) is 6.63. The summed E-state index contributed by atoms with van der Waals surface area (Å²) < 4.78 is 5.38. The van der Waals surface area contributed by atoms with Crippen LogP contribution in [0.1, 0.15) is 50.2 Å². The van der Waals surface area contributed by atoms with Crippen LogP contribution in [0.2, 0.25) is 0 Å². The van der Waals surface area contributed by atoms with E-state index in [4.69, 9.17) is 4.74 Å². The molecule has 1 atom stereocenters. The van der Waals surface area contributed by atoms with E-state index in [-0.39, 0.29) is 12.0 Å². The molecule has 0 fully saturated rings. The van der Waals surface area contributed by atoms with Crippen molar-refractivity contribution in [3.05, 3.63) is 35.4 Å². The Bertz CT molecular complexity index is 431. The molecule has 0 amide bonds. The van der Waals surface area contributed by atoms with E-state index in [0.29, 0.717) is 6.61 Å². The molecule has 1 N–H and O–H groups in total. The Balaban J connectivity index is 1.69. The molecule has 0 saturated heterocycles. The molecule has 3 nitrogen and oxygen atoms in total. The summed E-state index contributed by atoms with van der Waals surface area (Å²) in [4.78, 5) is 12.0. The first-order valence-electron chi connectivity index (χ1n) is 7.78. The number of carbonyl (C=O) groups excluding carboxylic acids is 1. The molecule has 0 aromatic heterocycles. The Morgan fingerprint density at radius 3 is 2.75 bits per heavy atom. The summed E-state index contributed by atoms with van der Waals surface area (Å²) in [6, 6.07) is 8.09. The molecule has 1 heterocycles. The Labute approximate surface area is 121 Å². The minimum absolute atomic E-state index is 0.102. The summed E-state index contributed by atoms with van der Waals surface area (Å²) in [5.74, 6) is -0.102. The van der Waals surface area contributed by atoms with Gasteiger partial charge in [0, 0.05) is 6.54 Å². The van der Waals surface area contributed by atoms with Gasteiger partial charge < -0.3 is 10.1 Å². The first-order valence-corrected chi connectivity index (χ1v) is 7.78. The zero-order valence-corrected chi connectivity index (χ0v) is 12.4. The van der Waals surface area contributed by atoms with Crippen LogP contribution in [-0.2, 0) is 22.5 Å². The number of rotatable bonds is 7. The quantitative estimate of drug-likeness (QED) is 0.613. The van der Waals surface area contributed by atoms with Crippen molar-refractivity contribution >= 4 is 5.97 Å². The number of esters is 1. The van der Waals surface area contributed by atoms with Crippen molar-refractivity contribution in [2.24, 2.45) is 0 Å². The minimum Gasteiger partial charge on any atom is -0.465 e. The zero-order valence-electron chi connectivity index (χ0n) is 12.4. The van der Waals surface area contributed by atoms with Crippen molar-refractivity contribution < 1.29 is 9.53 Å². The molecule has 0 radical (unpaired) electrons. The lowest BCUT2D eigenvalue weighted by atomic mass is 9.96. The van der Waals surface area contributed by atoms with E-state index >= 15 is 0 Å². The summed E-state index contributed by atoms with van der Waals surface area (Å²) in [6.45, 7) is 3.52. The van der Waals surface area contributed by atoms with Gasteiger partial charge in [-0.25, -0.2) is 0 Å². The Morgan fingerprint density at radius 1 is 1.20 bits per heavy atom. The highest BCUT2D eigenvalue weighted by atomic mass is 16.5. The fraction of sp³-hybridized carbons (Fsp3) is 0.588. The second kappa shape index (κ2) is 8.05. The molecule has 1 aliphatic rings. The van der Waals surface area contributed by atoms with Crippen LogP contribution < -0.4 is 5.32 Å². The van der Waals surface area contributed by atoms with Crippen molar-refractivity contribution in [3.63, 3.8) is 0 Å². The normalized spacial score (nSPS) is 17.6. The van der Waals surface area contributed by atoms with Gasteiger partial charge in [0.25, 0.3) is 0 Å². The van der Waals surface area contributed by atoms with Crippen LogP contribution >= 0.6 is 0 Å². The second-order valence-corrected chi connectivity index (χ2v) is 5.49. The van der Waals surface area contributed by atoms with Crippen molar-refractivity contribution in [2.75, 3.05) is 6.61 Å². The van der Waals surface area contributed by atoms with E-state index in [1.165, 1.54) is 30.4 Å². The molecule has 1 aromatic carbocycles. The van der Waals surface area contributed by atoms with Gasteiger partial charge in [0.05, 0.1) is 6.61 Å². The SMILES string of the molecule is CCCCCCCOC(=O)[C@H]1Cc2ccccc2CN1. The van der Waals surface area contributed by atoms with Gasteiger partial charge in [-0.1, -0.05) is 56.9 Å². The Hall–Kier alpha value is -1.35. The van der Waals surface area contributed by atoms with E-state index in [0.717, 1.165) is 25.8 Å². The van der Waals surface area contributed by atoms with Crippen molar-refractivity contribution in [2.45, 2.75) is 58.0 Å². The van der Waals surface area contributed by atoms with Crippen molar-refractivity contribution in [1.82, 2.24) is 5.32 Å². The molecule has 3 heteroatoms. The molecule has 2 rings (SSSR count). The summed E-state index contributed by atoms with van der Waals surface area (Å²) >= 11 is 0. The van der Waals surface area contributed by atoms with Crippen molar-refractivity contribution in [3.8, 4) is 0 Å². The summed E-state index contributed by atoms with van der Waals surface area (Å²) in [5, 5.41) is 3.26. The monoisotopic (exact) mass is 275 g/mol. The average molecular weight is 275 g/mol. The molecule has 1 aliphatic heterocycles. The predicted molar refractivity (Wildman–Crippen MR) is 80.5 cm³/mol. The third-order valence-corrected chi connectivity index (χ3v) is 3.86. The zero-order chi connectivity index (χ0) is 14.2. The first kappa shape index (κ1) is 15.0. The van der Waals surface area contributed by atoms with Crippen molar-refractivity contribution in [1.29, 1.82) is 0 Å². The summed E-state index contributed by atoms with van der Waals surface area (Å²) in [5.41, 5.74) is 2.55. The number of hydrogen-bond acceptors (Lipinski definition) is 3. The maximum absolute atomic E-state index is 12.0. The second-order valence-electron chi connectivity index (χ2n) is 5.49. The molecule has 0 saturated carbocycles. The topological polar surface area (TPSA) is 38.3 Å². The minimum atomic E-state index is -0.180. The van der Waals surface area contributed by atoms with Gasteiger partial charge in [-0.2, -0.15) is 0 Å². The smallest absolute Gasteiger partial charge is 0.323 e. The first-order chi connectivity index (χ1) is 9.81. The predicted octanol–water partition coefficient (Wildman–Crippen LogP) is 3.21. The van der Waals surface area contributed by atoms with Gasteiger partial charge in [-0.05, 0) is 24.0 Å². The third-order valence-electron chi connectivity index (χ3n) is 3.86. The lowest BCUT2D eigenvalue weighted by molar-refractivity contribution is -0.146. The van der Waals surface area contributed by atoms with Crippen LogP contribution in [0.5, 0.6) is 0 Å². The van der Waals surface area contributed by atoms with E-state index in [2.05, 4.69) is 24.4 Å². The number of benzene rings is 1. The molecule has 0 unspecified atom stereocenters. The van der Waals surface area contributed by atoms with Crippen LogP contribution in [0, 0.1) is 0 Å².